The molecule has 4 aliphatic carbocycles. The largest absolute Gasteiger partial charge is 0.385 e. The van der Waals surface area contributed by atoms with Crippen LogP contribution in [0.25, 0.3) is 0 Å². The number of aliphatic hydroxyl groups is 2. The molecule has 12 nitrogen and oxygen atoms in total. The van der Waals surface area contributed by atoms with Crippen molar-refractivity contribution < 1.29 is 49.1 Å². The molecule has 13 heteroatoms. The number of Topliss-reactive ketones (excluding diaryl/α,β-unsaturated/α-hetero) is 4. The van der Waals surface area contributed by atoms with E-state index < -0.39 is 117 Å². The Hall–Kier alpha value is -3.23. The number of carbonyl (C=O) groups is 6. The lowest BCUT2D eigenvalue weighted by atomic mass is 9.54. The summed E-state index contributed by atoms with van der Waals surface area (Å²) < 4.78 is 0. The third kappa shape index (κ3) is 8.13. The van der Waals surface area contributed by atoms with Crippen LogP contribution in [0.1, 0.15) is 121 Å². The van der Waals surface area contributed by atoms with Gasteiger partial charge in [-0.25, -0.2) is 4.89 Å². The molecule has 0 saturated carbocycles. The summed E-state index contributed by atoms with van der Waals surface area (Å²) in [5.74, 6) is -6.45. The first-order valence-corrected chi connectivity index (χ1v) is 23.3. The van der Waals surface area contributed by atoms with E-state index in [1.54, 1.807) is 13.0 Å². The van der Waals surface area contributed by atoms with Crippen molar-refractivity contribution in [3.05, 3.63) is 46.1 Å². The van der Waals surface area contributed by atoms with E-state index in [0.29, 0.717) is 36.0 Å². The maximum Gasteiger partial charge on any atom is 0.235 e. The molecule has 2 amide bonds. The highest BCUT2D eigenvalue weighted by Crippen LogP contribution is 2.59. The molecule has 0 bridgehead atoms. The summed E-state index contributed by atoms with van der Waals surface area (Å²) in [6.45, 7) is 19.5. The molecule has 6 rings (SSSR count). The first-order chi connectivity index (χ1) is 28.6. The molecule has 5 N–H and O–H groups in total. The van der Waals surface area contributed by atoms with E-state index in [9.17, 15) is 29.9 Å². The fourth-order valence-corrected chi connectivity index (χ4v) is 13.6. The second kappa shape index (κ2) is 18.1. The molecule has 2 fully saturated rings. The Morgan fingerprint density at radius 2 is 1.21 bits per heavy atom. The van der Waals surface area contributed by atoms with Gasteiger partial charge in [-0.05, 0) is 96.5 Å². The van der Waals surface area contributed by atoms with Gasteiger partial charge in [0.2, 0.25) is 11.8 Å². The lowest BCUT2D eigenvalue weighted by Crippen LogP contribution is -2.59. The standard InChI is InChI=1S/C48H68N2O10S/c1-22(2)15-32-40-27(8)26(7)19-30-17-24(5)11-13-34(51)36(53)20-38(43(55)47(30,40)45(57)49-32)61-39-21-37(54)35(52)14-12-25(6)18-31-42(60-59)29(10)28(9)41-33(16-23(3)4)50-46(58)48(31,41)44(39)56/h17-19,22-23,27,30-35,38-42,51-52,59H,11-16,20-21H2,1-10H3,(H,49,57)(H,50,58)/t27-,30+,31+,32+,33+,34-,35-,38-,39-,40+,41+,42?,47+,48+/m1/s1. The van der Waals surface area contributed by atoms with Gasteiger partial charge in [0.05, 0.1) is 10.5 Å². The van der Waals surface area contributed by atoms with Crippen molar-refractivity contribution in [1.82, 2.24) is 10.6 Å². The summed E-state index contributed by atoms with van der Waals surface area (Å²) >= 11 is 0.803. The Morgan fingerprint density at radius 3 is 1.75 bits per heavy atom. The number of allylic oxidation sites excluding steroid dienone is 5. The zero-order valence-corrected chi connectivity index (χ0v) is 38.4. The number of thioether (sulfide) groups is 1. The molecule has 2 aliphatic heterocycles. The van der Waals surface area contributed by atoms with Crippen LogP contribution in [0.15, 0.2) is 46.1 Å². The number of hydrogen-bond acceptors (Lipinski definition) is 11. The van der Waals surface area contributed by atoms with Crippen LogP contribution in [0.2, 0.25) is 0 Å². The van der Waals surface area contributed by atoms with E-state index in [4.69, 9.17) is 4.89 Å². The van der Waals surface area contributed by atoms with E-state index in [2.05, 4.69) is 24.5 Å². The maximum atomic E-state index is 16.1. The highest BCUT2D eigenvalue weighted by Gasteiger charge is 2.70. The first-order valence-electron chi connectivity index (χ1n) is 22.4. The van der Waals surface area contributed by atoms with Gasteiger partial charge in [0.1, 0.15) is 29.1 Å². The molecule has 0 aromatic rings. The number of ketones is 4. The molecule has 0 radical (unpaired) electrons. The van der Waals surface area contributed by atoms with Crippen LogP contribution < -0.4 is 10.6 Å². The highest BCUT2D eigenvalue weighted by atomic mass is 32.2. The first kappa shape index (κ1) is 47.3. The summed E-state index contributed by atoms with van der Waals surface area (Å²) in [4.78, 5) is 95.5. The number of nitrogens with one attached hydrogen (secondary N) is 2. The third-order valence-corrected chi connectivity index (χ3v) is 16.6. The molecule has 6 aliphatic rings. The van der Waals surface area contributed by atoms with E-state index in [1.165, 1.54) is 0 Å². The topological polar surface area (TPSA) is 196 Å². The van der Waals surface area contributed by atoms with Crippen LogP contribution >= 0.6 is 11.8 Å². The molecular formula is C48H68N2O10S. The zero-order valence-electron chi connectivity index (χ0n) is 37.6. The van der Waals surface area contributed by atoms with Crippen LogP contribution in [0.4, 0.5) is 0 Å². The summed E-state index contributed by atoms with van der Waals surface area (Å²) in [7, 11) is 0. The fourth-order valence-electron chi connectivity index (χ4n) is 12.1. The van der Waals surface area contributed by atoms with Crippen LogP contribution in [0.3, 0.4) is 0 Å². The number of amides is 2. The SMILES string of the molecule is CC1=C[C@H]2C=C(C)[C@@H](C)[C@H]3[C@H](CC(C)C)NC(=O)[C@@]23C(=O)[C@H](S[C@@H]2CC(=O)[C@H](O)CCC(C)=C[C@H]3C(OO)C(C)=C(C)[C@H]4[C@H](CC(C)C)NC(=O)[C@@]34C2=O)CC(=O)[C@H](O)CC1. The minimum absolute atomic E-state index is 0.0305. The van der Waals surface area contributed by atoms with E-state index in [-0.39, 0.29) is 43.1 Å². The average Bonchev–Trinajstić information content (AvgIpc) is 3.64. The Balaban J connectivity index is 1.59. The summed E-state index contributed by atoms with van der Waals surface area (Å²) in [6, 6.07) is -0.866. The predicted octanol–water partition coefficient (Wildman–Crippen LogP) is 6.05. The van der Waals surface area contributed by atoms with Crippen molar-refractivity contribution in [2.75, 3.05) is 0 Å². The third-order valence-electron chi connectivity index (χ3n) is 15.2. The summed E-state index contributed by atoms with van der Waals surface area (Å²) in [5, 5.41) is 36.6. The van der Waals surface area contributed by atoms with Gasteiger partial charge in [0.15, 0.2) is 23.1 Å². The normalized spacial score (nSPS) is 40.2. The van der Waals surface area contributed by atoms with Gasteiger partial charge in [-0.1, -0.05) is 75.1 Å². The van der Waals surface area contributed by atoms with Crippen LogP contribution in [-0.2, 0) is 33.7 Å². The van der Waals surface area contributed by atoms with Gasteiger partial charge in [-0.3, -0.25) is 34.0 Å². The number of aliphatic hydroxyl groups excluding tert-OH is 2. The minimum Gasteiger partial charge on any atom is -0.385 e. The molecular weight excluding hydrogens is 797 g/mol. The maximum absolute atomic E-state index is 16.1. The van der Waals surface area contributed by atoms with Crippen molar-refractivity contribution in [2.45, 2.75) is 161 Å². The van der Waals surface area contributed by atoms with Gasteiger partial charge in [-0.15, -0.1) is 11.8 Å². The van der Waals surface area contributed by atoms with E-state index in [1.807, 2.05) is 60.6 Å². The lowest BCUT2D eigenvalue weighted by molar-refractivity contribution is -0.284. The summed E-state index contributed by atoms with van der Waals surface area (Å²) in [5.41, 5.74) is 0.281. The zero-order chi connectivity index (χ0) is 45.0. The van der Waals surface area contributed by atoms with E-state index >= 15 is 14.4 Å². The average molecular weight is 865 g/mol. The molecule has 14 atom stereocenters. The molecule has 2 spiro atoms. The molecule has 0 aromatic carbocycles. The molecule has 2 heterocycles. The predicted molar refractivity (Wildman–Crippen MR) is 233 cm³/mol. The Morgan fingerprint density at radius 1 is 0.721 bits per heavy atom. The summed E-state index contributed by atoms with van der Waals surface area (Å²) in [6.07, 6.45) is 2.43. The highest BCUT2D eigenvalue weighted by molar-refractivity contribution is 8.02. The minimum atomic E-state index is -1.93. The van der Waals surface area contributed by atoms with Gasteiger partial charge >= 0.3 is 0 Å². The van der Waals surface area contributed by atoms with Crippen molar-refractivity contribution in [2.24, 2.45) is 52.3 Å². The lowest BCUT2D eigenvalue weighted by Gasteiger charge is -2.48. The van der Waals surface area contributed by atoms with Crippen molar-refractivity contribution in [1.29, 1.82) is 0 Å². The molecule has 336 valence electrons. The van der Waals surface area contributed by atoms with Crippen molar-refractivity contribution in [3.8, 4) is 0 Å². The van der Waals surface area contributed by atoms with Crippen LogP contribution in [0.5, 0.6) is 0 Å². The monoisotopic (exact) mass is 864 g/mol. The fraction of sp³-hybridized carbons (Fsp3) is 0.708. The van der Waals surface area contributed by atoms with Crippen molar-refractivity contribution >= 4 is 46.7 Å². The number of carbonyl (C=O) groups excluding carboxylic acids is 6. The van der Waals surface area contributed by atoms with Crippen LogP contribution in [0, 0.1) is 52.3 Å². The van der Waals surface area contributed by atoms with Crippen LogP contribution in [-0.4, -0.2) is 91.3 Å². The quantitative estimate of drug-likeness (QED) is 0.0866. The Kier molecular flexibility index (Phi) is 14.0. The molecule has 0 aromatic heterocycles. The molecule has 2 saturated heterocycles. The smallest absolute Gasteiger partial charge is 0.235 e. The Labute approximate surface area is 365 Å². The van der Waals surface area contributed by atoms with E-state index in [0.717, 1.165) is 22.9 Å². The molecule has 61 heavy (non-hydrogen) atoms. The van der Waals surface area contributed by atoms with Gasteiger partial charge < -0.3 is 20.8 Å². The number of rotatable bonds is 7. The van der Waals surface area contributed by atoms with Gasteiger partial charge in [0.25, 0.3) is 0 Å². The molecule has 1 unspecified atom stereocenters. The van der Waals surface area contributed by atoms with Gasteiger partial charge in [-0.2, -0.15) is 0 Å². The Bertz CT molecular complexity index is 1950. The van der Waals surface area contributed by atoms with Crippen molar-refractivity contribution in [3.63, 3.8) is 0 Å². The van der Waals surface area contributed by atoms with Gasteiger partial charge in [0, 0.05) is 48.6 Å². The second-order valence-electron chi connectivity index (χ2n) is 20.1. The number of hydrogen-bond donors (Lipinski definition) is 5. The second-order valence-corrected chi connectivity index (χ2v) is 21.5.